The van der Waals surface area contributed by atoms with Crippen molar-refractivity contribution in [3.8, 4) is 5.75 Å². The number of nitrogens with zero attached hydrogens (tertiary/aromatic N) is 3. The molecule has 1 saturated carbocycles. The molecule has 1 aromatic carbocycles. The van der Waals surface area contributed by atoms with E-state index < -0.39 is 0 Å². The summed E-state index contributed by atoms with van der Waals surface area (Å²) in [6, 6.07) is 6.68. The molecule has 1 aliphatic carbocycles. The minimum atomic E-state index is 0. The highest BCUT2D eigenvalue weighted by Gasteiger charge is 2.16. The quantitative estimate of drug-likeness (QED) is 0.399. The molecule has 6 nitrogen and oxygen atoms in total. The molecule has 0 spiro atoms. The number of hydrogen-bond donors (Lipinski definition) is 1. The molecule has 2 fully saturated rings. The maximum atomic E-state index is 6.08. The second kappa shape index (κ2) is 14.3. The average molecular weight is 504 g/mol. The van der Waals surface area contributed by atoms with Gasteiger partial charge in [0.25, 0.3) is 0 Å². The number of ether oxygens (including phenoxy) is 2. The van der Waals surface area contributed by atoms with Crippen LogP contribution in [0, 0.1) is 0 Å². The van der Waals surface area contributed by atoms with E-state index in [1.165, 1.54) is 44.9 Å². The van der Waals surface area contributed by atoms with Crippen molar-refractivity contribution in [2.75, 3.05) is 51.0 Å². The van der Waals surface area contributed by atoms with E-state index >= 15 is 0 Å². The normalized spacial score (nSPS) is 18.2. The van der Waals surface area contributed by atoms with E-state index in [1.54, 1.807) is 11.8 Å². The number of fused-ring (bicyclic) bond motifs is 1. The number of rotatable bonds is 7. The molecule has 2 aliphatic rings. The summed E-state index contributed by atoms with van der Waals surface area (Å²) in [7, 11) is 0. The maximum Gasteiger partial charge on any atom is 0.189 e. The van der Waals surface area contributed by atoms with Crippen LogP contribution in [-0.4, -0.2) is 66.6 Å². The summed E-state index contributed by atoms with van der Waals surface area (Å²) < 4.78 is 11.5. The lowest BCUT2D eigenvalue weighted by atomic mass is 9.96. The number of anilines is 1. The topological polar surface area (TPSA) is 59.5 Å². The zero-order valence-electron chi connectivity index (χ0n) is 18.9. The summed E-state index contributed by atoms with van der Waals surface area (Å²) >= 11 is 1.59. The highest BCUT2D eigenvalue weighted by atomic mass is 35.5. The fourth-order valence-electron chi connectivity index (χ4n) is 4.29. The van der Waals surface area contributed by atoms with Crippen molar-refractivity contribution in [1.29, 1.82) is 0 Å². The minimum Gasteiger partial charge on any atom is -0.492 e. The smallest absolute Gasteiger partial charge is 0.189 e. The van der Waals surface area contributed by atoms with Crippen LogP contribution in [0.5, 0.6) is 5.75 Å². The first-order valence-electron chi connectivity index (χ1n) is 11.4. The van der Waals surface area contributed by atoms with Crippen LogP contribution in [0.25, 0.3) is 10.9 Å². The van der Waals surface area contributed by atoms with Gasteiger partial charge in [0.2, 0.25) is 0 Å². The van der Waals surface area contributed by atoms with Gasteiger partial charge in [-0.05, 0) is 37.3 Å². The predicted molar refractivity (Wildman–Crippen MR) is 138 cm³/mol. The lowest BCUT2D eigenvalue weighted by molar-refractivity contribution is 0.0322. The zero-order valence-corrected chi connectivity index (χ0v) is 21.3. The third-order valence-corrected chi connectivity index (χ3v) is 6.60. The van der Waals surface area contributed by atoms with Crippen molar-refractivity contribution in [2.45, 2.75) is 56.1 Å². The Kier molecular flexibility index (Phi) is 12.2. The summed E-state index contributed by atoms with van der Waals surface area (Å²) in [5, 5.41) is 5.63. The average Bonchev–Trinajstić information content (AvgIpc) is 2.76. The van der Waals surface area contributed by atoms with E-state index in [2.05, 4.69) is 22.3 Å². The summed E-state index contributed by atoms with van der Waals surface area (Å²) in [4.78, 5) is 11.9. The third kappa shape index (κ3) is 7.80. The molecule has 0 amide bonds. The van der Waals surface area contributed by atoms with E-state index in [1.807, 2.05) is 12.3 Å². The Morgan fingerprint density at radius 1 is 1.06 bits per heavy atom. The molecule has 4 rings (SSSR count). The van der Waals surface area contributed by atoms with Gasteiger partial charge < -0.3 is 14.8 Å². The van der Waals surface area contributed by atoms with Gasteiger partial charge in [0, 0.05) is 31.1 Å². The lowest BCUT2D eigenvalue weighted by Gasteiger charge is -2.26. The molecule has 1 aliphatic heterocycles. The van der Waals surface area contributed by atoms with Gasteiger partial charge in [0.05, 0.1) is 18.7 Å². The molecule has 1 aromatic heterocycles. The molecule has 2 aromatic rings. The van der Waals surface area contributed by atoms with Gasteiger partial charge in [0.1, 0.15) is 18.2 Å². The fraction of sp³-hybridized carbons (Fsp3) is 0.652. The Morgan fingerprint density at radius 2 is 1.78 bits per heavy atom. The van der Waals surface area contributed by atoms with Crippen LogP contribution in [0.4, 0.5) is 5.82 Å². The molecule has 180 valence electrons. The Balaban J connectivity index is 0.00000181. The van der Waals surface area contributed by atoms with Crippen LogP contribution < -0.4 is 10.1 Å². The van der Waals surface area contributed by atoms with E-state index in [0.29, 0.717) is 12.6 Å². The molecular weight excluding hydrogens is 467 g/mol. The number of halogens is 2. The molecule has 9 heteroatoms. The molecule has 0 unspecified atom stereocenters. The highest BCUT2D eigenvalue weighted by Crippen LogP contribution is 2.29. The Bertz CT molecular complexity index is 816. The zero-order chi connectivity index (χ0) is 20.6. The number of aromatic nitrogens is 2. The van der Waals surface area contributed by atoms with E-state index in [9.17, 15) is 0 Å². The molecule has 1 N–H and O–H groups in total. The SMILES string of the molecule is CSc1nc(NC2CCCCCCC2)c2cc(OCCN3CCOCC3)ccc2n1.Cl.Cl. The first kappa shape index (κ1) is 27.3. The Hall–Kier alpha value is -0.990. The van der Waals surface area contributed by atoms with Crippen molar-refractivity contribution >= 4 is 53.3 Å². The van der Waals surface area contributed by atoms with Crippen molar-refractivity contribution in [3.05, 3.63) is 18.2 Å². The molecular formula is C23H36Cl2N4O2S. The second-order valence-corrected chi connectivity index (χ2v) is 9.00. The molecule has 1 saturated heterocycles. The van der Waals surface area contributed by atoms with Crippen molar-refractivity contribution in [2.24, 2.45) is 0 Å². The first-order chi connectivity index (χ1) is 14.8. The number of nitrogens with one attached hydrogen (secondary N) is 1. The standard InChI is InChI=1S/C23H34N4O2S.2ClH/c1-30-23-25-21-10-9-19(29-16-13-27-11-14-28-15-12-27)17-20(21)22(26-23)24-18-7-5-3-2-4-6-8-18;;/h9-10,17-18H,2-8,11-16H2,1H3,(H,24,25,26);2*1H. The van der Waals surface area contributed by atoms with Crippen LogP contribution in [0.15, 0.2) is 23.4 Å². The van der Waals surface area contributed by atoms with Crippen LogP contribution in [-0.2, 0) is 4.74 Å². The van der Waals surface area contributed by atoms with Gasteiger partial charge in [-0.2, -0.15) is 0 Å². The number of benzene rings is 1. The van der Waals surface area contributed by atoms with Gasteiger partial charge in [-0.25, -0.2) is 9.97 Å². The molecule has 0 atom stereocenters. The highest BCUT2D eigenvalue weighted by molar-refractivity contribution is 7.98. The Labute approximate surface area is 208 Å². The van der Waals surface area contributed by atoms with E-state index in [0.717, 1.165) is 60.5 Å². The van der Waals surface area contributed by atoms with Gasteiger partial charge in [-0.15, -0.1) is 24.8 Å². The maximum absolute atomic E-state index is 6.08. The van der Waals surface area contributed by atoms with Gasteiger partial charge in [-0.1, -0.05) is 43.9 Å². The van der Waals surface area contributed by atoms with Crippen molar-refractivity contribution in [1.82, 2.24) is 14.9 Å². The van der Waals surface area contributed by atoms with Gasteiger partial charge in [0.15, 0.2) is 5.16 Å². The molecule has 0 radical (unpaired) electrons. The van der Waals surface area contributed by atoms with Crippen molar-refractivity contribution < 1.29 is 9.47 Å². The van der Waals surface area contributed by atoms with E-state index in [4.69, 9.17) is 19.4 Å². The summed E-state index contributed by atoms with van der Waals surface area (Å²) in [6.45, 7) is 5.23. The monoisotopic (exact) mass is 502 g/mol. The Morgan fingerprint density at radius 3 is 2.50 bits per heavy atom. The van der Waals surface area contributed by atoms with E-state index in [-0.39, 0.29) is 24.8 Å². The predicted octanol–water partition coefficient (Wildman–Crippen LogP) is 5.43. The van der Waals surface area contributed by atoms with Crippen LogP contribution in [0.3, 0.4) is 0 Å². The number of thioether (sulfide) groups is 1. The summed E-state index contributed by atoms with van der Waals surface area (Å²) in [5.41, 5.74) is 0.975. The fourth-order valence-corrected chi connectivity index (χ4v) is 4.66. The third-order valence-electron chi connectivity index (χ3n) is 6.06. The number of morpholine rings is 1. The summed E-state index contributed by atoms with van der Waals surface area (Å²) in [6.07, 6.45) is 11.1. The first-order valence-corrected chi connectivity index (χ1v) is 12.6. The number of hydrogen-bond acceptors (Lipinski definition) is 7. The molecule has 32 heavy (non-hydrogen) atoms. The van der Waals surface area contributed by atoms with Crippen LogP contribution in [0.1, 0.15) is 44.9 Å². The van der Waals surface area contributed by atoms with Gasteiger partial charge in [-0.3, -0.25) is 4.90 Å². The largest absolute Gasteiger partial charge is 0.492 e. The molecule has 0 bridgehead atoms. The lowest BCUT2D eigenvalue weighted by Crippen LogP contribution is -2.38. The molecule has 2 heterocycles. The van der Waals surface area contributed by atoms with Crippen LogP contribution in [0.2, 0.25) is 0 Å². The minimum absolute atomic E-state index is 0. The second-order valence-electron chi connectivity index (χ2n) is 8.23. The summed E-state index contributed by atoms with van der Waals surface area (Å²) in [5.74, 6) is 1.84. The van der Waals surface area contributed by atoms with Crippen LogP contribution >= 0.6 is 36.6 Å². The van der Waals surface area contributed by atoms with Crippen molar-refractivity contribution in [3.63, 3.8) is 0 Å². The van der Waals surface area contributed by atoms with Gasteiger partial charge >= 0.3 is 0 Å².